The normalized spacial score (nSPS) is 10.3. The van der Waals surface area contributed by atoms with Gasteiger partial charge >= 0.3 is 0 Å². The Morgan fingerprint density at radius 3 is 2.53 bits per heavy atom. The van der Waals surface area contributed by atoms with Crippen LogP contribution >= 0.6 is 27.5 Å². The molecule has 0 fully saturated rings. The summed E-state index contributed by atoms with van der Waals surface area (Å²) in [6, 6.07) is 12.7. The number of carbonyl (C=O) groups is 1. The van der Waals surface area contributed by atoms with Gasteiger partial charge in [0.1, 0.15) is 0 Å². The second-order valence-corrected chi connectivity index (χ2v) is 5.47. The summed E-state index contributed by atoms with van der Waals surface area (Å²) in [5.74, 6) is -0.131. The van der Waals surface area contributed by atoms with Crippen LogP contribution in [0.2, 0.25) is 5.02 Å². The number of carbonyl (C=O) groups excluding carboxylic acids is 1. The average Bonchev–Trinajstić information content (AvgIpc) is 2.41. The van der Waals surface area contributed by atoms with Crippen molar-refractivity contribution in [2.75, 3.05) is 5.32 Å². The van der Waals surface area contributed by atoms with Crippen molar-refractivity contribution in [1.82, 2.24) is 0 Å². The highest BCUT2D eigenvalue weighted by Crippen LogP contribution is 2.22. The molecular weight excluding hydrogens is 326 g/mol. The van der Waals surface area contributed by atoms with Crippen LogP contribution < -0.4 is 5.32 Å². The fourth-order valence-corrected chi connectivity index (χ4v) is 2.31. The second kappa shape index (κ2) is 6.22. The van der Waals surface area contributed by atoms with Crippen molar-refractivity contribution >= 4 is 39.1 Å². The van der Waals surface area contributed by atoms with E-state index in [-0.39, 0.29) is 5.91 Å². The molecule has 0 spiro atoms. The van der Waals surface area contributed by atoms with Gasteiger partial charge in [-0.05, 0) is 54.4 Å². The molecule has 2 aromatic carbocycles. The molecule has 0 bridgehead atoms. The molecular formula is C15H13BrClNO. The van der Waals surface area contributed by atoms with E-state index in [1.807, 2.05) is 18.2 Å². The molecule has 1 amide bonds. The number of amides is 1. The lowest BCUT2D eigenvalue weighted by Crippen LogP contribution is -2.13. The first-order valence-electron chi connectivity index (χ1n) is 5.95. The molecule has 4 heteroatoms. The van der Waals surface area contributed by atoms with Crippen LogP contribution in [-0.4, -0.2) is 5.91 Å². The van der Waals surface area contributed by atoms with Crippen molar-refractivity contribution in [1.29, 1.82) is 0 Å². The Labute approximate surface area is 125 Å². The van der Waals surface area contributed by atoms with Crippen LogP contribution in [0, 0.1) is 0 Å². The Hall–Kier alpha value is -1.32. The quantitative estimate of drug-likeness (QED) is 0.846. The molecule has 2 nitrogen and oxygen atoms in total. The van der Waals surface area contributed by atoms with E-state index >= 15 is 0 Å². The van der Waals surface area contributed by atoms with Gasteiger partial charge in [0, 0.05) is 20.7 Å². The summed E-state index contributed by atoms with van der Waals surface area (Å²) in [6.45, 7) is 2.06. The van der Waals surface area contributed by atoms with Gasteiger partial charge in [0.05, 0.1) is 0 Å². The molecule has 0 aromatic heterocycles. The van der Waals surface area contributed by atoms with Gasteiger partial charge in [-0.1, -0.05) is 34.5 Å². The van der Waals surface area contributed by atoms with Gasteiger partial charge in [-0.2, -0.15) is 0 Å². The van der Waals surface area contributed by atoms with Crippen LogP contribution in [0.25, 0.3) is 0 Å². The van der Waals surface area contributed by atoms with E-state index in [4.69, 9.17) is 11.6 Å². The van der Waals surface area contributed by atoms with Crippen molar-refractivity contribution in [3.63, 3.8) is 0 Å². The third kappa shape index (κ3) is 3.58. The zero-order valence-corrected chi connectivity index (χ0v) is 12.8. The molecule has 0 saturated carbocycles. The van der Waals surface area contributed by atoms with Gasteiger partial charge in [0.25, 0.3) is 5.91 Å². The topological polar surface area (TPSA) is 29.1 Å². The fourth-order valence-electron chi connectivity index (χ4n) is 1.77. The summed E-state index contributed by atoms with van der Waals surface area (Å²) in [5.41, 5.74) is 2.52. The molecule has 0 heterocycles. The first-order chi connectivity index (χ1) is 9.10. The minimum atomic E-state index is -0.131. The number of hydrogen-bond donors (Lipinski definition) is 1. The summed E-state index contributed by atoms with van der Waals surface area (Å²) in [5, 5.41) is 3.54. The lowest BCUT2D eigenvalue weighted by molar-refractivity contribution is 0.102. The molecule has 0 saturated heterocycles. The summed E-state index contributed by atoms with van der Waals surface area (Å²) >= 11 is 9.23. The Kier molecular flexibility index (Phi) is 4.61. The SMILES string of the molecule is CCc1cc(Br)ccc1NC(=O)c1ccc(Cl)cc1. The van der Waals surface area contributed by atoms with Crippen LogP contribution in [0.15, 0.2) is 46.9 Å². The summed E-state index contributed by atoms with van der Waals surface area (Å²) < 4.78 is 1.01. The first kappa shape index (κ1) is 14.1. The standard InChI is InChI=1S/C15H13BrClNO/c1-2-10-9-12(16)5-8-14(10)18-15(19)11-3-6-13(17)7-4-11/h3-9H,2H2,1H3,(H,18,19). The van der Waals surface area contributed by atoms with Crippen molar-refractivity contribution in [2.24, 2.45) is 0 Å². The summed E-state index contributed by atoms with van der Waals surface area (Å²) in [4.78, 5) is 12.1. The third-order valence-electron chi connectivity index (χ3n) is 2.80. The second-order valence-electron chi connectivity index (χ2n) is 4.12. The molecule has 0 aliphatic heterocycles. The Balaban J connectivity index is 2.21. The zero-order chi connectivity index (χ0) is 13.8. The lowest BCUT2D eigenvalue weighted by atomic mass is 10.1. The number of nitrogens with one attached hydrogen (secondary N) is 1. The number of aryl methyl sites for hydroxylation is 1. The van der Waals surface area contributed by atoms with E-state index in [0.29, 0.717) is 10.6 Å². The Bertz CT molecular complexity index is 596. The van der Waals surface area contributed by atoms with E-state index in [1.54, 1.807) is 24.3 Å². The Morgan fingerprint density at radius 1 is 1.21 bits per heavy atom. The van der Waals surface area contributed by atoms with E-state index in [9.17, 15) is 4.79 Å². The molecule has 2 aromatic rings. The van der Waals surface area contributed by atoms with Crippen LogP contribution in [0.4, 0.5) is 5.69 Å². The van der Waals surface area contributed by atoms with Gasteiger partial charge < -0.3 is 5.32 Å². The molecule has 0 unspecified atom stereocenters. The monoisotopic (exact) mass is 337 g/mol. The van der Waals surface area contributed by atoms with Crippen LogP contribution in [0.1, 0.15) is 22.8 Å². The summed E-state index contributed by atoms with van der Waals surface area (Å²) in [6.07, 6.45) is 0.857. The van der Waals surface area contributed by atoms with Gasteiger partial charge in [-0.15, -0.1) is 0 Å². The van der Waals surface area contributed by atoms with Crippen LogP contribution in [0.5, 0.6) is 0 Å². The predicted octanol–water partition coefficient (Wildman–Crippen LogP) is 4.92. The minimum Gasteiger partial charge on any atom is -0.322 e. The number of hydrogen-bond acceptors (Lipinski definition) is 1. The van der Waals surface area contributed by atoms with Crippen molar-refractivity contribution in [3.05, 3.63) is 63.1 Å². The number of benzene rings is 2. The molecule has 0 aliphatic rings. The average molecular weight is 339 g/mol. The molecule has 0 aliphatic carbocycles. The summed E-state index contributed by atoms with van der Waals surface area (Å²) in [7, 11) is 0. The van der Waals surface area contributed by atoms with Gasteiger partial charge in [-0.3, -0.25) is 4.79 Å². The van der Waals surface area contributed by atoms with Crippen molar-refractivity contribution in [3.8, 4) is 0 Å². The molecule has 0 radical (unpaired) electrons. The zero-order valence-electron chi connectivity index (χ0n) is 10.4. The van der Waals surface area contributed by atoms with Gasteiger partial charge in [0.15, 0.2) is 0 Å². The van der Waals surface area contributed by atoms with E-state index < -0.39 is 0 Å². The lowest BCUT2D eigenvalue weighted by Gasteiger charge is -2.10. The van der Waals surface area contributed by atoms with Crippen molar-refractivity contribution < 1.29 is 4.79 Å². The van der Waals surface area contributed by atoms with E-state index in [1.165, 1.54) is 0 Å². The highest BCUT2D eigenvalue weighted by Gasteiger charge is 2.08. The molecule has 19 heavy (non-hydrogen) atoms. The first-order valence-corrected chi connectivity index (χ1v) is 7.12. The highest BCUT2D eigenvalue weighted by atomic mass is 79.9. The third-order valence-corrected chi connectivity index (χ3v) is 3.55. The molecule has 98 valence electrons. The number of rotatable bonds is 3. The molecule has 2 rings (SSSR count). The molecule has 0 atom stereocenters. The highest BCUT2D eigenvalue weighted by molar-refractivity contribution is 9.10. The van der Waals surface area contributed by atoms with E-state index in [2.05, 4.69) is 28.2 Å². The fraction of sp³-hybridized carbons (Fsp3) is 0.133. The van der Waals surface area contributed by atoms with Gasteiger partial charge in [-0.25, -0.2) is 0 Å². The van der Waals surface area contributed by atoms with Crippen LogP contribution in [-0.2, 0) is 6.42 Å². The maximum atomic E-state index is 12.1. The van der Waals surface area contributed by atoms with Crippen molar-refractivity contribution in [2.45, 2.75) is 13.3 Å². The van der Waals surface area contributed by atoms with E-state index in [0.717, 1.165) is 22.1 Å². The predicted molar refractivity (Wildman–Crippen MR) is 82.9 cm³/mol. The smallest absolute Gasteiger partial charge is 0.255 e. The van der Waals surface area contributed by atoms with Crippen LogP contribution in [0.3, 0.4) is 0 Å². The minimum absolute atomic E-state index is 0.131. The Morgan fingerprint density at radius 2 is 1.89 bits per heavy atom. The van der Waals surface area contributed by atoms with Gasteiger partial charge in [0.2, 0.25) is 0 Å². The maximum Gasteiger partial charge on any atom is 0.255 e. The maximum absolute atomic E-state index is 12.1. The number of halogens is 2. The molecule has 1 N–H and O–H groups in total. The number of anilines is 1. The largest absolute Gasteiger partial charge is 0.322 e.